The van der Waals surface area contributed by atoms with Crippen molar-refractivity contribution in [2.24, 2.45) is 5.10 Å². The molecule has 0 aromatic heterocycles. The summed E-state index contributed by atoms with van der Waals surface area (Å²) in [4.78, 5) is 8.89. The molecule has 154 valence electrons. The van der Waals surface area contributed by atoms with Gasteiger partial charge in [0.05, 0.1) is 11.1 Å². The molecule has 3 aromatic carbocycles. The van der Waals surface area contributed by atoms with Gasteiger partial charge in [-0.2, -0.15) is 9.68 Å². The Morgan fingerprint density at radius 1 is 1.03 bits per heavy atom. The van der Waals surface area contributed by atoms with E-state index in [1.165, 1.54) is 27.7 Å². The second kappa shape index (κ2) is 8.49. The largest absolute Gasteiger partial charge is 0.550 e. The SMILES string of the molecule is CC(=O)[O-].CN(N=CC1=[N+](C)c2ccccc2C1(C)C)c1ccc2ccccc2c1. The molecule has 0 N–H and O–H groups in total. The Bertz CT molecular complexity index is 1140. The Kier molecular flexibility index (Phi) is 6.01. The van der Waals surface area contributed by atoms with Crippen LogP contribution in [0.25, 0.3) is 10.8 Å². The standard InChI is InChI=1S/C23H24N3.C2H4O2/c1-23(2)20-11-7-8-12-21(20)25(3)22(23)16-24-26(4)19-14-13-17-9-5-6-10-18(17)15-19;1-2(3)4/h5-16H,1-4H3;1H3,(H,3,4)/q+1;/p-1. The molecule has 3 aromatic rings. The van der Waals surface area contributed by atoms with Crippen LogP contribution in [0, 0.1) is 0 Å². The number of benzene rings is 3. The number of hydrazone groups is 1. The number of carboxylic acid groups (broad SMARTS) is 1. The summed E-state index contributed by atoms with van der Waals surface area (Å²) in [6.45, 7) is 5.49. The Hall–Kier alpha value is -3.47. The van der Waals surface area contributed by atoms with Crippen LogP contribution in [0.3, 0.4) is 0 Å². The van der Waals surface area contributed by atoms with Crippen molar-refractivity contribution in [1.29, 1.82) is 0 Å². The molecule has 0 aliphatic carbocycles. The zero-order chi connectivity index (χ0) is 21.9. The fraction of sp³-hybridized carbons (Fsp3) is 0.240. The Morgan fingerprint density at radius 2 is 1.63 bits per heavy atom. The van der Waals surface area contributed by atoms with E-state index in [-0.39, 0.29) is 5.41 Å². The number of rotatable bonds is 3. The minimum atomic E-state index is -1.08. The number of hydrogen-bond donors (Lipinski definition) is 0. The van der Waals surface area contributed by atoms with Gasteiger partial charge in [-0.25, -0.2) is 0 Å². The smallest absolute Gasteiger partial charge is 0.212 e. The number of para-hydroxylation sites is 1. The number of carboxylic acids is 1. The third-order valence-corrected chi connectivity index (χ3v) is 5.40. The molecule has 1 heterocycles. The average molecular weight is 402 g/mol. The molecule has 0 saturated heterocycles. The molecule has 4 rings (SSSR count). The molecule has 1 aliphatic rings. The fourth-order valence-corrected chi connectivity index (χ4v) is 3.82. The lowest BCUT2D eigenvalue weighted by Gasteiger charge is -2.17. The highest BCUT2D eigenvalue weighted by Gasteiger charge is 2.43. The average Bonchev–Trinajstić information content (AvgIpc) is 2.91. The maximum absolute atomic E-state index is 8.89. The van der Waals surface area contributed by atoms with Crippen molar-refractivity contribution in [3.05, 3.63) is 72.3 Å². The molecule has 0 saturated carbocycles. The predicted molar refractivity (Wildman–Crippen MR) is 122 cm³/mol. The molecule has 30 heavy (non-hydrogen) atoms. The first-order valence-corrected chi connectivity index (χ1v) is 9.86. The first-order chi connectivity index (χ1) is 14.2. The molecule has 5 nitrogen and oxygen atoms in total. The van der Waals surface area contributed by atoms with E-state index in [0.717, 1.165) is 12.6 Å². The van der Waals surface area contributed by atoms with Crippen molar-refractivity contribution in [2.75, 3.05) is 19.1 Å². The number of carbonyl (C=O) groups is 1. The van der Waals surface area contributed by atoms with E-state index >= 15 is 0 Å². The van der Waals surface area contributed by atoms with Crippen molar-refractivity contribution >= 4 is 40.0 Å². The van der Waals surface area contributed by atoms with Crippen LogP contribution in [-0.4, -0.2) is 36.6 Å². The van der Waals surface area contributed by atoms with Gasteiger partial charge in [0.1, 0.15) is 13.3 Å². The van der Waals surface area contributed by atoms with E-state index in [2.05, 4.69) is 92.2 Å². The van der Waals surface area contributed by atoms with E-state index in [1.54, 1.807) is 0 Å². The maximum atomic E-state index is 8.89. The fourth-order valence-electron chi connectivity index (χ4n) is 3.82. The summed E-state index contributed by atoms with van der Waals surface area (Å²) >= 11 is 0. The molecule has 0 unspecified atom stereocenters. The lowest BCUT2D eigenvalue weighted by molar-refractivity contribution is -0.400. The summed E-state index contributed by atoms with van der Waals surface area (Å²) in [5.41, 5.74) is 4.83. The Balaban J connectivity index is 0.000000589. The van der Waals surface area contributed by atoms with Gasteiger partial charge in [-0.1, -0.05) is 48.5 Å². The maximum Gasteiger partial charge on any atom is 0.212 e. The van der Waals surface area contributed by atoms with Crippen LogP contribution < -0.4 is 10.1 Å². The molecule has 0 amide bonds. The monoisotopic (exact) mass is 401 g/mol. The normalized spacial score (nSPS) is 14.4. The Labute approximate surface area is 177 Å². The molecule has 0 bridgehead atoms. The van der Waals surface area contributed by atoms with Crippen LogP contribution in [0.2, 0.25) is 0 Å². The highest BCUT2D eigenvalue weighted by molar-refractivity contribution is 6.33. The van der Waals surface area contributed by atoms with Crippen LogP contribution in [-0.2, 0) is 10.2 Å². The molecule has 0 fully saturated rings. The summed E-state index contributed by atoms with van der Waals surface area (Å²) in [7, 11) is 4.11. The summed E-state index contributed by atoms with van der Waals surface area (Å²) in [6.07, 6.45) is 2.00. The van der Waals surface area contributed by atoms with Gasteiger partial charge >= 0.3 is 0 Å². The van der Waals surface area contributed by atoms with Crippen LogP contribution in [0.5, 0.6) is 0 Å². The van der Waals surface area contributed by atoms with Crippen LogP contribution in [0.15, 0.2) is 71.8 Å². The summed E-state index contributed by atoms with van der Waals surface area (Å²) < 4.78 is 2.24. The van der Waals surface area contributed by atoms with Gasteiger partial charge in [0, 0.05) is 24.6 Å². The number of aliphatic carboxylic acids is 1. The number of fused-ring (bicyclic) bond motifs is 2. The van der Waals surface area contributed by atoms with E-state index in [4.69, 9.17) is 15.0 Å². The first-order valence-electron chi connectivity index (χ1n) is 9.86. The molecular formula is C25H27N3O2. The van der Waals surface area contributed by atoms with Gasteiger partial charge in [-0.15, -0.1) is 0 Å². The molecule has 1 aliphatic heterocycles. The van der Waals surface area contributed by atoms with Crippen molar-refractivity contribution < 1.29 is 14.5 Å². The lowest BCUT2D eigenvalue weighted by Crippen LogP contribution is -2.30. The van der Waals surface area contributed by atoms with Crippen LogP contribution >= 0.6 is 0 Å². The highest BCUT2D eigenvalue weighted by atomic mass is 16.4. The van der Waals surface area contributed by atoms with Gasteiger partial charge in [-0.05, 0) is 43.7 Å². The zero-order valence-corrected chi connectivity index (χ0v) is 18.1. The quantitative estimate of drug-likeness (QED) is 0.382. The third-order valence-electron chi connectivity index (χ3n) is 5.40. The molecule has 0 spiro atoms. The minimum absolute atomic E-state index is 0.0565. The lowest BCUT2D eigenvalue weighted by atomic mass is 9.82. The third kappa shape index (κ3) is 4.25. The Morgan fingerprint density at radius 3 is 2.30 bits per heavy atom. The second-order valence-electron chi connectivity index (χ2n) is 7.88. The van der Waals surface area contributed by atoms with E-state index in [9.17, 15) is 0 Å². The highest BCUT2D eigenvalue weighted by Crippen LogP contribution is 2.38. The second-order valence-corrected chi connectivity index (χ2v) is 7.88. The van der Waals surface area contributed by atoms with Crippen molar-refractivity contribution in [2.45, 2.75) is 26.2 Å². The number of hydrogen-bond acceptors (Lipinski definition) is 4. The van der Waals surface area contributed by atoms with Crippen molar-refractivity contribution in [3.8, 4) is 0 Å². The first kappa shape index (κ1) is 21.2. The van der Waals surface area contributed by atoms with Gasteiger partial charge in [-0.3, -0.25) is 5.01 Å². The topological polar surface area (TPSA) is 58.7 Å². The van der Waals surface area contributed by atoms with Gasteiger partial charge < -0.3 is 9.90 Å². The van der Waals surface area contributed by atoms with Crippen LogP contribution in [0.1, 0.15) is 26.3 Å². The zero-order valence-electron chi connectivity index (χ0n) is 18.1. The van der Waals surface area contributed by atoms with Gasteiger partial charge in [0.2, 0.25) is 11.4 Å². The summed E-state index contributed by atoms with van der Waals surface area (Å²) in [6, 6.07) is 23.4. The van der Waals surface area contributed by atoms with Crippen molar-refractivity contribution in [1.82, 2.24) is 0 Å². The van der Waals surface area contributed by atoms with E-state index < -0.39 is 5.97 Å². The number of anilines is 1. The minimum Gasteiger partial charge on any atom is -0.550 e. The predicted octanol–water partition coefficient (Wildman–Crippen LogP) is 3.72. The summed E-state index contributed by atoms with van der Waals surface area (Å²) in [5, 5.41) is 18.0. The van der Waals surface area contributed by atoms with Crippen molar-refractivity contribution in [3.63, 3.8) is 0 Å². The van der Waals surface area contributed by atoms with Crippen LogP contribution in [0.4, 0.5) is 11.4 Å². The molecule has 5 heteroatoms. The number of carbonyl (C=O) groups excluding carboxylic acids is 1. The van der Waals surface area contributed by atoms with Gasteiger partial charge in [0.25, 0.3) is 0 Å². The van der Waals surface area contributed by atoms with Gasteiger partial charge in [0.15, 0.2) is 0 Å². The molecular weight excluding hydrogens is 374 g/mol. The number of nitrogens with zero attached hydrogens (tertiary/aromatic N) is 3. The molecule has 0 atom stereocenters. The van der Waals surface area contributed by atoms with E-state index in [0.29, 0.717) is 0 Å². The van der Waals surface area contributed by atoms with E-state index in [1.807, 2.05) is 18.3 Å². The summed E-state index contributed by atoms with van der Waals surface area (Å²) in [5.74, 6) is -1.08. The molecule has 0 radical (unpaired) electrons.